The molecule has 1 aromatic carbocycles. The molecule has 9 heteroatoms. The molecule has 0 amide bonds. The first kappa shape index (κ1) is 15.7. The van der Waals surface area contributed by atoms with E-state index in [9.17, 15) is 12.8 Å². The van der Waals surface area contributed by atoms with Crippen LogP contribution in [0.1, 0.15) is 4.88 Å². The number of nitrogens with two attached hydrogens (primary N) is 1. The third kappa shape index (κ3) is 3.32. The second kappa shape index (κ2) is 5.98. The number of thiophene rings is 1. The van der Waals surface area contributed by atoms with Crippen molar-refractivity contribution in [3.05, 3.63) is 43.8 Å². The van der Waals surface area contributed by atoms with Crippen molar-refractivity contribution in [1.29, 1.82) is 0 Å². The summed E-state index contributed by atoms with van der Waals surface area (Å²) in [5, 5.41) is 1.48. The van der Waals surface area contributed by atoms with Gasteiger partial charge in [0.2, 0.25) is 10.0 Å². The number of anilines is 1. The van der Waals surface area contributed by atoms with Crippen LogP contribution in [-0.4, -0.2) is 8.42 Å². The number of sulfonamides is 1. The number of hydrogen-bond donors (Lipinski definition) is 2. The summed E-state index contributed by atoms with van der Waals surface area (Å²) in [5.74, 6) is -1.02. The van der Waals surface area contributed by atoms with Crippen LogP contribution in [0.2, 0.25) is 5.02 Å². The van der Waals surface area contributed by atoms with Crippen molar-refractivity contribution in [2.75, 3.05) is 5.73 Å². The van der Waals surface area contributed by atoms with Gasteiger partial charge in [0, 0.05) is 21.6 Å². The highest BCUT2D eigenvalue weighted by Crippen LogP contribution is 2.27. The molecule has 2 aromatic rings. The molecule has 0 saturated carbocycles. The second-order valence-electron chi connectivity index (χ2n) is 3.83. The summed E-state index contributed by atoms with van der Waals surface area (Å²) in [6, 6.07) is 3.99. The van der Waals surface area contributed by atoms with Gasteiger partial charge < -0.3 is 5.73 Å². The highest BCUT2D eigenvalue weighted by Gasteiger charge is 2.22. The molecule has 1 heterocycles. The van der Waals surface area contributed by atoms with E-state index in [-0.39, 0.29) is 17.3 Å². The Kier molecular flexibility index (Phi) is 4.70. The predicted octanol–water partition coefficient (Wildman–Crippen LogP) is 3.36. The molecule has 4 nitrogen and oxygen atoms in total. The Balaban J connectivity index is 2.29. The number of benzene rings is 1. The van der Waals surface area contributed by atoms with E-state index in [0.717, 1.165) is 21.5 Å². The third-order valence-electron chi connectivity index (χ3n) is 2.42. The lowest BCUT2D eigenvalue weighted by molar-refractivity contribution is 0.557. The molecule has 0 aliphatic rings. The van der Waals surface area contributed by atoms with Crippen LogP contribution in [0.4, 0.5) is 10.1 Å². The van der Waals surface area contributed by atoms with Gasteiger partial charge in [0.15, 0.2) is 5.82 Å². The number of nitrogens with one attached hydrogen (secondary N) is 1. The van der Waals surface area contributed by atoms with Crippen molar-refractivity contribution in [2.45, 2.75) is 11.4 Å². The topological polar surface area (TPSA) is 72.2 Å². The van der Waals surface area contributed by atoms with Gasteiger partial charge in [0.05, 0.1) is 5.02 Å². The zero-order valence-corrected chi connectivity index (χ0v) is 13.8. The minimum absolute atomic E-state index is 0.0481. The van der Waals surface area contributed by atoms with E-state index in [1.807, 2.05) is 5.38 Å². The summed E-state index contributed by atoms with van der Waals surface area (Å²) in [4.78, 5) is 0.221. The largest absolute Gasteiger partial charge is 0.399 e. The number of hydrogen-bond acceptors (Lipinski definition) is 4. The van der Waals surface area contributed by atoms with E-state index in [2.05, 4.69) is 20.7 Å². The Labute approximate surface area is 132 Å². The average molecular weight is 400 g/mol. The van der Waals surface area contributed by atoms with Gasteiger partial charge in [-0.25, -0.2) is 17.5 Å². The van der Waals surface area contributed by atoms with Crippen LogP contribution in [0.3, 0.4) is 0 Å². The van der Waals surface area contributed by atoms with Gasteiger partial charge in [-0.2, -0.15) is 0 Å². The molecule has 108 valence electrons. The van der Waals surface area contributed by atoms with Gasteiger partial charge in [0.1, 0.15) is 4.90 Å². The fourth-order valence-corrected chi connectivity index (χ4v) is 4.40. The average Bonchev–Trinajstić information content (AvgIpc) is 2.77. The SMILES string of the molecule is Nc1cc(Cl)c(F)c(S(=O)(=O)NCc2sccc2Br)c1. The van der Waals surface area contributed by atoms with E-state index < -0.39 is 20.7 Å². The van der Waals surface area contributed by atoms with E-state index in [4.69, 9.17) is 17.3 Å². The zero-order chi connectivity index (χ0) is 14.9. The minimum atomic E-state index is -4.03. The van der Waals surface area contributed by atoms with E-state index in [1.165, 1.54) is 11.3 Å². The maximum atomic E-state index is 13.8. The fraction of sp³-hybridized carbons (Fsp3) is 0.0909. The summed E-state index contributed by atoms with van der Waals surface area (Å²) < 4.78 is 41.1. The summed E-state index contributed by atoms with van der Waals surface area (Å²) in [5.41, 5.74) is 5.57. The van der Waals surface area contributed by atoms with Crippen LogP contribution in [0, 0.1) is 5.82 Å². The molecule has 0 bridgehead atoms. The number of nitrogen functional groups attached to an aromatic ring is 1. The van der Waals surface area contributed by atoms with Crippen LogP contribution in [0.5, 0.6) is 0 Å². The van der Waals surface area contributed by atoms with Gasteiger partial charge in [0.25, 0.3) is 0 Å². The molecule has 0 unspecified atom stereocenters. The highest BCUT2D eigenvalue weighted by atomic mass is 79.9. The van der Waals surface area contributed by atoms with E-state index >= 15 is 0 Å². The summed E-state index contributed by atoms with van der Waals surface area (Å²) in [6.45, 7) is 0.0481. The number of rotatable bonds is 4. The molecule has 0 saturated heterocycles. The van der Waals surface area contributed by atoms with Crippen molar-refractivity contribution in [3.8, 4) is 0 Å². The smallest absolute Gasteiger partial charge is 0.243 e. The van der Waals surface area contributed by atoms with Crippen molar-refractivity contribution >= 4 is 54.6 Å². The first-order valence-electron chi connectivity index (χ1n) is 5.27. The lowest BCUT2D eigenvalue weighted by Gasteiger charge is -2.09. The molecule has 0 spiro atoms. The Morgan fingerprint density at radius 3 is 2.75 bits per heavy atom. The quantitative estimate of drug-likeness (QED) is 0.774. The Bertz CT molecular complexity index is 749. The Morgan fingerprint density at radius 1 is 1.45 bits per heavy atom. The zero-order valence-electron chi connectivity index (χ0n) is 9.86. The van der Waals surface area contributed by atoms with Crippen molar-refractivity contribution < 1.29 is 12.8 Å². The molecule has 0 radical (unpaired) electrons. The van der Waals surface area contributed by atoms with E-state index in [0.29, 0.717) is 0 Å². The van der Waals surface area contributed by atoms with E-state index in [1.54, 1.807) is 6.07 Å². The monoisotopic (exact) mass is 398 g/mol. The van der Waals surface area contributed by atoms with Gasteiger partial charge >= 0.3 is 0 Å². The Morgan fingerprint density at radius 2 is 2.15 bits per heavy atom. The molecular weight excluding hydrogens is 391 g/mol. The third-order valence-corrected chi connectivity index (χ3v) is 6.02. The summed E-state index contributed by atoms with van der Waals surface area (Å²) in [7, 11) is -4.03. The lowest BCUT2D eigenvalue weighted by Crippen LogP contribution is -2.24. The van der Waals surface area contributed by atoms with Crippen LogP contribution < -0.4 is 10.5 Å². The summed E-state index contributed by atoms with van der Waals surface area (Å²) in [6.07, 6.45) is 0. The molecule has 0 fully saturated rings. The first-order valence-corrected chi connectivity index (χ1v) is 8.80. The second-order valence-corrected chi connectivity index (χ2v) is 7.83. The van der Waals surface area contributed by atoms with Gasteiger partial charge in [-0.3, -0.25) is 0 Å². The predicted molar refractivity (Wildman–Crippen MR) is 81.9 cm³/mol. The lowest BCUT2D eigenvalue weighted by atomic mass is 10.3. The van der Waals surface area contributed by atoms with Crippen LogP contribution in [-0.2, 0) is 16.6 Å². The summed E-state index contributed by atoms with van der Waals surface area (Å²) >= 11 is 10.3. The van der Waals surface area contributed by atoms with Gasteiger partial charge in [-0.15, -0.1) is 11.3 Å². The normalized spacial score (nSPS) is 11.8. The van der Waals surface area contributed by atoms with Crippen molar-refractivity contribution in [2.24, 2.45) is 0 Å². The van der Waals surface area contributed by atoms with Crippen LogP contribution >= 0.6 is 38.9 Å². The Hall–Kier alpha value is -0.670. The maximum Gasteiger partial charge on any atom is 0.243 e. The van der Waals surface area contributed by atoms with Gasteiger partial charge in [-0.1, -0.05) is 11.6 Å². The van der Waals surface area contributed by atoms with Crippen LogP contribution in [0.25, 0.3) is 0 Å². The molecule has 1 aromatic heterocycles. The first-order chi connectivity index (χ1) is 9.31. The molecule has 0 aliphatic heterocycles. The molecule has 0 aliphatic carbocycles. The molecule has 20 heavy (non-hydrogen) atoms. The molecule has 0 atom stereocenters. The highest BCUT2D eigenvalue weighted by molar-refractivity contribution is 9.10. The standard InChI is InChI=1S/C11H9BrClFN2O2S2/c12-7-1-2-19-9(7)5-16-20(17,18)10-4-6(15)3-8(13)11(10)14/h1-4,16H,5,15H2. The maximum absolute atomic E-state index is 13.8. The van der Waals surface area contributed by atoms with Crippen LogP contribution in [0.15, 0.2) is 32.9 Å². The van der Waals surface area contributed by atoms with Crippen molar-refractivity contribution in [1.82, 2.24) is 4.72 Å². The fourth-order valence-electron chi connectivity index (χ4n) is 1.47. The minimum Gasteiger partial charge on any atom is -0.399 e. The molecule has 3 N–H and O–H groups in total. The molecule has 2 rings (SSSR count). The van der Waals surface area contributed by atoms with Gasteiger partial charge in [-0.05, 0) is 39.5 Å². The number of halogens is 3. The van der Waals surface area contributed by atoms with Crippen molar-refractivity contribution in [3.63, 3.8) is 0 Å². The molecular formula is C11H9BrClFN2O2S2.